The number of benzene rings is 1. The van der Waals surface area contributed by atoms with Gasteiger partial charge in [-0.3, -0.25) is 0 Å². The van der Waals surface area contributed by atoms with Gasteiger partial charge in [-0.1, -0.05) is 6.92 Å². The van der Waals surface area contributed by atoms with Gasteiger partial charge in [-0.2, -0.15) is 0 Å². The van der Waals surface area contributed by atoms with Crippen molar-refractivity contribution in [1.82, 2.24) is 0 Å². The third kappa shape index (κ3) is 2.63. The van der Waals surface area contributed by atoms with Crippen LogP contribution in [0.5, 0.6) is 0 Å². The minimum Gasteiger partial charge on any atom is -0.206 e. The second kappa shape index (κ2) is 4.30. The Bertz CT molecular complexity index is 250. The van der Waals surface area contributed by atoms with Crippen LogP contribution in [0.4, 0.5) is 4.39 Å². The van der Waals surface area contributed by atoms with Crippen molar-refractivity contribution in [2.75, 3.05) is 5.75 Å². The van der Waals surface area contributed by atoms with Gasteiger partial charge in [0, 0.05) is 8.47 Å². The summed E-state index contributed by atoms with van der Waals surface area (Å²) in [5.74, 6) is 0.865. The summed E-state index contributed by atoms with van der Waals surface area (Å²) in [5, 5.41) is 0. The van der Waals surface area contributed by atoms with Gasteiger partial charge in [-0.25, -0.2) is 4.39 Å². The smallest absolute Gasteiger partial charge is 0.137 e. The molecule has 0 aliphatic carbocycles. The molecule has 0 saturated heterocycles. The van der Waals surface area contributed by atoms with Gasteiger partial charge in [0.1, 0.15) is 5.82 Å². The molecule has 3 heteroatoms. The second-order valence-electron chi connectivity index (χ2n) is 2.01. The normalized spacial score (nSPS) is 10.1. The Hall–Kier alpha value is 0.230. The Morgan fingerprint density at radius 3 is 2.82 bits per heavy atom. The largest absolute Gasteiger partial charge is 0.206 e. The van der Waals surface area contributed by atoms with E-state index in [1.807, 2.05) is 28.7 Å². The van der Waals surface area contributed by atoms with Crippen LogP contribution in [0.3, 0.4) is 0 Å². The molecule has 0 spiro atoms. The third-order valence-electron chi connectivity index (χ3n) is 1.20. The predicted molar refractivity (Wildman–Crippen MR) is 55.5 cm³/mol. The molecule has 1 aromatic rings. The van der Waals surface area contributed by atoms with Gasteiger partial charge in [-0.15, -0.1) is 11.8 Å². The third-order valence-corrected chi connectivity index (χ3v) is 2.95. The molecule has 0 N–H and O–H groups in total. The van der Waals surface area contributed by atoms with Crippen LogP contribution in [-0.4, -0.2) is 5.75 Å². The number of thioether (sulfide) groups is 1. The van der Waals surface area contributed by atoms with Crippen molar-refractivity contribution in [2.45, 2.75) is 11.8 Å². The van der Waals surface area contributed by atoms with E-state index in [0.29, 0.717) is 3.57 Å². The summed E-state index contributed by atoms with van der Waals surface area (Å²) in [6.07, 6.45) is 0. The Morgan fingerprint density at radius 2 is 2.27 bits per heavy atom. The predicted octanol–water partition coefficient (Wildman–Crippen LogP) is 3.54. The molecule has 0 saturated carbocycles. The van der Waals surface area contributed by atoms with Crippen molar-refractivity contribution in [3.05, 3.63) is 27.6 Å². The SMILES string of the molecule is CCSc1ccc(I)c(F)c1. The molecule has 11 heavy (non-hydrogen) atoms. The highest BCUT2D eigenvalue weighted by Gasteiger charge is 1.98. The quantitative estimate of drug-likeness (QED) is 0.590. The first-order valence-corrected chi connectivity index (χ1v) is 5.38. The minimum absolute atomic E-state index is 0.121. The molecule has 0 unspecified atom stereocenters. The molecule has 0 atom stereocenters. The van der Waals surface area contributed by atoms with Crippen molar-refractivity contribution in [1.29, 1.82) is 0 Å². The highest BCUT2D eigenvalue weighted by molar-refractivity contribution is 14.1. The molecule has 0 bridgehead atoms. The number of rotatable bonds is 2. The first-order valence-electron chi connectivity index (χ1n) is 3.32. The summed E-state index contributed by atoms with van der Waals surface area (Å²) >= 11 is 3.64. The van der Waals surface area contributed by atoms with E-state index in [-0.39, 0.29) is 5.82 Å². The molecular formula is C8H8FIS. The number of hydrogen-bond donors (Lipinski definition) is 0. The van der Waals surface area contributed by atoms with Crippen LogP contribution in [-0.2, 0) is 0 Å². The van der Waals surface area contributed by atoms with E-state index < -0.39 is 0 Å². The van der Waals surface area contributed by atoms with Crippen LogP contribution in [0.2, 0.25) is 0 Å². The minimum atomic E-state index is -0.121. The van der Waals surface area contributed by atoms with E-state index in [1.165, 1.54) is 0 Å². The van der Waals surface area contributed by atoms with E-state index in [1.54, 1.807) is 23.9 Å². The lowest BCUT2D eigenvalue weighted by Crippen LogP contribution is -1.81. The topological polar surface area (TPSA) is 0 Å². The maximum Gasteiger partial charge on any atom is 0.137 e. The Balaban J connectivity index is 2.86. The summed E-state index contributed by atoms with van der Waals surface area (Å²) in [5.41, 5.74) is 0. The lowest BCUT2D eigenvalue weighted by Gasteiger charge is -1.98. The molecule has 0 heterocycles. The van der Waals surface area contributed by atoms with E-state index in [4.69, 9.17) is 0 Å². The van der Waals surface area contributed by atoms with Crippen LogP contribution in [0.1, 0.15) is 6.92 Å². The van der Waals surface area contributed by atoms with Crippen molar-refractivity contribution in [2.24, 2.45) is 0 Å². The Labute approximate surface area is 83.7 Å². The number of halogens is 2. The second-order valence-corrected chi connectivity index (χ2v) is 4.51. The van der Waals surface area contributed by atoms with Gasteiger partial charge in [0.2, 0.25) is 0 Å². The van der Waals surface area contributed by atoms with Crippen molar-refractivity contribution in [3.8, 4) is 0 Å². The van der Waals surface area contributed by atoms with Crippen molar-refractivity contribution in [3.63, 3.8) is 0 Å². The molecule has 0 aliphatic rings. The average Bonchev–Trinajstić information content (AvgIpc) is 1.98. The van der Waals surface area contributed by atoms with E-state index in [0.717, 1.165) is 10.6 Å². The van der Waals surface area contributed by atoms with Gasteiger partial charge in [0.15, 0.2) is 0 Å². The van der Waals surface area contributed by atoms with E-state index in [2.05, 4.69) is 6.92 Å². The fraction of sp³-hybridized carbons (Fsp3) is 0.250. The molecule has 0 radical (unpaired) electrons. The van der Waals surface area contributed by atoms with Gasteiger partial charge in [0.05, 0.1) is 0 Å². The lowest BCUT2D eigenvalue weighted by molar-refractivity contribution is 0.616. The molecule has 1 rings (SSSR count). The van der Waals surface area contributed by atoms with Gasteiger partial charge < -0.3 is 0 Å². The summed E-state index contributed by atoms with van der Waals surface area (Å²) < 4.78 is 13.6. The highest BCUT2D eigenvalue weighted by Crippen LogP contribution is 2.21. The average molecular weight is 282 g/mol. The fourth-order valence-electron chi connectivity index (χ4n) is 0.733. The van der Waals surface area contributed by atoms with E-state index >= 15 is 0 Å². The first kappa shape index (κ1) is 9.32. The maximum absolute atomic E-state index is 12.9. The molecule has 0 aliphatic heterocycles. The van der Waals surface area contributed by atoms with Gasteiger partial charge >= 0.3 is 0 Å². The highest BCUT2D eigenvalue weighted by atomic mass is 127. The summed E-state index contributed by atoms with van der Waals surface area (Å²) in [6, 6.07) is 5.32. The van der Waals surface area contributed by atoms with Crippen molar-refractivity contribution < 1.29 is 4.39 Å². The van der Waals surface area contributed by atoms with Crippen LogP contribution in [0, 0.1) is 9.39 Å². The zero-order valence-corrected chi connectivity index (χ0v) is 9.08. The maximum atomic E-state index is 12.9. The Kier molecular flexibility index (Phi) is 3.65. The summed E-state index contributed by atoms with van der Waals surface area (Å²) in [7, 11) is 0. The van der Waals surface area contributed by atoms with Crippen LogP contribution < -0.4 is 0 Å². The van der Waals surface area contributed by atoms with Crippen LogP contribution in [0.25, 0.3) is 0 Å². The number of hydrogen-bond acceptors (Lipinski definition) is 1. The standard InChI is InChI=1S/C8H8FIS/c1-2-11-6-3-4-8(10)7(9)5-6/h3-5H,2H2,1H3. The summed E-state index contributed by atoms with van der Waals surface area (Å²) in [4.78, 5) is 1.01. The Morgan fingerprint density at radius 1 is 1.55 bits per heavy atom. The zero-order valence-electron chi connectivity index (χ0n) is 6.10. The van der Waals surface area contributed by atoms with Gasteiger partial charge in [-0.05, 0) is 46.5 Å². The van der Waals surface area contributed by atoms with Crippen LogP contribution in [0.15, 0.2) is 23.1 Å². The molecular weight excluding hydrogens is 274 g/mol. The molecule has 0 aromatic heterocycles. The molecule has 60 valence electrons. The molecule has 1 aromatic carbocycles. The van der Waals surface area contributed by atoms with Crippen LogP contribution >= 0.6 is 34.4 Å². The molecule has 0 nitrogen and oxygen atoms in total. The lowest BCUT2D eigenvalue weighted by atomic mass is 10.3. The molecule has 0 fully saturated rings. The summed E-state index contributed by atoms with van der Waals surface area (Å²) in [6.45, 7) is 2.06. The first-order chi connectivity index (χ1) is 5.24. The van der Waals surface area contributed by atoms with Gasteiger partial charge in [0.25, 0.3) is 0 Å². The fourth-order valence-corrected chi connectivity index (χ4v) is 1.75. The van der Waals surface area contributed by atoms with E-state index in [9.17, 15) is 4.39 Å². The zero-order chi connectivity index (χ0) is 8.27. The monoisotopic (exact) mass is 282 g/mol. The molecule has 0 amide bonds. The van der Waals surface area contributed by atoms with Crippen molar-refractivity contribution >= 4 is 34.4 Å².